The van der Waals surface area contributed by atoms with E-state index in [-0.39, 0.29) is 9.63 Å². The Labute approximate surface area is 124 Å². The first-order valence-electron chi connectivity index (χ1n) is 5.64. The van der Waals surface area contributed by atoms with Crippen molar-refractivity contribution in [2.45, 2.75) is 18.0 Å². The molecule has 6 nitrogen and oxygen atoms in total. The molecule has 0 spiro atoms. The molecule has 0 radical (unpaired) electrons. The number of nitrogens with zero attached hydrogens (tertiary/aromatic N) is 3. The van der Waals surface area contributed by atoms with Gasteiger partial charge in [-0.15, -0.1) is 5.10 Å². The molecule has 2 aromatic rings. The van der Waals surface area contributed by atoms with Gasteiger partial charge in [0.1, 0.15) is 5.82 Å². The molecule has 9 heteroatoms. The minimum atomic E-state index is -3.82. The van der Waals surface area contributed by atoms with Crippen LogP contribution in [0.5, 0.6) is 0 Å². The average Bonchev–Trinajstić information content (AvgIpc) is 2.69. The predicted molar refractivity (Wildman–Crippen MR) is 73.8 cm³/mol. The molecule has 0 aliphatic rings. The molecule has 0 aliphatic carbocycles. The Hall–Kier alpha value is -1.32. The van der Waals surface area contributed by atoms with Crippen LogP contribution < -0.4 is 4.72 Å². The van der Waals surface area contributed by atoms with Crippen LogP contribution in [0.25, 0.3) is 0 Å². The number of halogens is 2. The fraction of sp³-hybridized carbons (Fsp3) is 0.273. The van der Waals surface area contributed by atoms with Crippen LogP contribution in [0.2, 0.25) is 0 Å². The number of sulfonamides is 1. The highest BCUT2D eigenvalue weighted by atomic mass is 79.9. The monoisotopic (exact) mass is 362 g/mol. The van der Waals surface area contributed by atoms with Crippen LogP contribution in [-0.4, -0.2) is 23.4 Å². The van der Waals surface area contributed by atoms with Gasteiger partial charge in [0, 0.05) is 13.1 Å². The molecule has 0 bridgehead atoms. The van der Waals surface area contributed by atoms with Crippen molar-refractivity contribution in [2.75, 3.05) is 0 Å². The molecule has 0 saturated carbocycles. The normalized spacial score (nSPS) is 13.4. The van der Waals surface area contributed by atoms with Crippen molar-refractivity contribution in [1.29, 1.82) is 0 Å². The lowest BCUT2D eigenvalue weighted by Crippen LogP contribution is -2.28. The summed E-state index contributed by atoms with van der Waals surface area (Å²) in [4.78, 5) is 0. The smallest absolute Gasteiger partial charge is 0.235 e. The van der Waals surface area contributed by atoms with Gasteiger partial charge in [-0.2, -0.15) is 0 Å². The first kappa shape index (κ1) is 15.1. The predicted octanol–water partition coefficient (Wildman–Crippen LogP) is 1.76. The number of benzene rings is 1. The van der Waals surface area contributed by atoms with E-state index >= 15 is 0 Å². The summed E-state index contributed by atoms with van der Waals surface area (Å²) < 4.78 is 41.4. The summed E-state index contributed by atoms with van der Waals surface area (Å²) in [5.41, 5.74) is 0.528. The number of aromatic nitrogens is 3. The third kappa shape index (κ3) is 3.05. The van der Waals surface area contributed by atoms with Crippen molar-refractivity contribution in [1.82, 2.24) is 19.7 Å². The third-order valence-electron chi connectivity index (χ3n) is 2.67. The zero-order valence-corrected chi connectivity index (χ0v) is 13.1. The number of rotatable bonds is 4. The van der Waals surface area contributed by atoms with Gasteiger partial charge in [0.15, 0.2) is 4.60 Å². The van der Waals surface area contributed by atoms with Crippen molar-refractivity contribution in [3.63, 3.8) is 0 Å². The SMILES string of the molecule is CC(NS(=O)(=O)c1c(Br)nnn1C)c1cccc(F)c1. The second-order valence-corrected chi connectivity index (χ2v) is 6.59. The summed E-state index contributed by atoms with van der Waals surface area (Å²) in [7, 11) is -2.35. The van der Waals surface area contributed by atoms with Gasteiger partial charge in [-0.05, 0) is 40.5 Å². The summed E-state index contributed by atoms with van der Waals surface area (Å²) >= 11 is 3.04. The molecule has 1 N–H and O–H groups in total. The van der Waals surface area contributed by atoms with Crippen LogP contribution in [-0.2, 0) is 17.1 Å². The molecule has 0 aliphatic heterocycles. The fourth-order valence-corrected chi connectivity index (χ4v) is 4.07. The van der Waals surface area contributed by atoms with E-state index in [1.807, 2.05) is 0 Å². The molecule has 1 atom stereocenters. The lowest BCUT2D eigenvalue weighted by atomic mass is 10.1. The summed E-state index contributed by atoms with van der Waals surface area (Å²) in [6.45, 7) is 1.63. The Balaban J connectivity index is 2.29. The summed E-state index contributed by atoms with van der Waals surface area (Å²) in [6.07, 6.45) is 0. The molecular formula is C11H12BrFN4O2S. The van der Waals surface area contributed by atoms with Crippen molar-refractivity contribution in [3.05, 3.63) is 40.2 Å². The van der Waals surface area contributed by atoms with Gasteiger partial charge in [-0.1, -0.05) is 17.3 Å². The summed E-state index contributed by atoms with van der Waals surface area (Å²) in [6, 6.07) is 5.16. The van der Waals surface area contributed by atoms with E-state index in [0.717, 1.165) is 4.68 Å². The van der Waals surface area contributed by atoms with Gasteiger partial charge < -0.3 is 0 Å². The molecule has 2 rings (SSSR count). The molecule has 1 unspecified atom stereocenters. The molecule has 1 aromatic heterocycles. The van der Waals surface area contributed by atoms with E-state index in [2.05, 4.69) is 31.0 Å². The Morgan fingerprint density at radius 2 is 2.15 bits per heavy atom. The minimum Gasteiger partial charge on any atom is -0.235 e. The second-order valence-electron chi connectivity index (χ2n) is 4.21. The summed E-state index contributed by atoms with van der Waals surface area (Å²) in [5, 5.41) is 7.16. The molecule has 0 saturated heterocycles. The van der Waals surface area contributed by atoms with Crippen LogP contribution >= 0.6 is 15.9 Å². The number of aryl methyl sites for hydroxylation is 1. The van der Waals surface area contributed by atoms with Crippen LogP contribution in [0.1, 0.15) is 18.5 Å². The third-order valence-corrected chi connectivity index (χ3v) is 5.10. The van der Waals surface area contributed by atoms with E-state index in [1.165, 1.54) is 25.2 Å². The first-order chi connectivity index (χ1) is 9.31. The minimum absolute atomic E-state index is 0.0826. The van der Waals surface area contributed by atoms with E-state index in [1.54, 1.807) is 13.0 Å². The van der Waals surface area contributed by atoms with E-state index < -0.39 is 21.9 Å². The van der Waals surface area contributed by atoms with Crippen molar-refractivity contribution >= 4 is 26.0 Å². The standard InChI is InChI=1S/C11H12BrFN4O2S/c1-7(8-4-3-5-9(13)6-8)15-20(18,19)11-10(12)14-16-17(11)2/h3-7,15H,1-2H3. The summed E-state index contributed by atoms with van der Waals surface area (Å²) in [5.74, 6) is -0.420. The molecule has 1 heterocycles. The van der Waals surface area contributed by atoms with Gasteiger partial charge in [-0.25, -0.2) is 22.2 Å². The Kier molecular flexibility index (Phi) is 4.21. The van der Waals surface area contributed by atoms with Gasteiger partial charge in [0.2, 0.25) is 5.03 Å². The highest BCUT2D eigenvalue weighted by molar-refractivity contribution is 9.10. The molecule has 108 valence electrons. The van der Waals surface area contributed by atoms with Crippen LogP contribution in [0.4, 0.5) is 4.39 Å². The molecular weight excluding hydrogens is 351 g/mol. The topological polar surface area (TPSA) is 76.9 Å². The lowest BCUT2D eigenvalue weighted by Gasteiger charge is -2.14. The lowest BCUT2D eigenvalue weighted by molar-refractivity contribution is 0.546. The van der Waals surface area contributed by atoms with Crippen LogP contribution in [0, 0.1) is 5.82 Å². The maximum atomic E-state index is 13.2. The number of nitrogens with one attached hydrogen (secondary N) is 1. The first-order valence-corrected chi connectivity index (χ1v) is 7.92. The second kappa shape index (κ2) is 5.58. The molecule has 20 heavy (non-hydrogen) atoms. The van der Waals surface area contributed by atoms with Crippen molar-refractivity contribution < 1.29 is 12.8 Å². The zero-order valence-electron chi connectivity index (χ0n) is 10.7. The zero-order chi connectivity index (χ0) is 14.9. The highest BCUT2D eigenvalue weighted by Crippen LogP contribution is 2.21. The van der Waals surface area contributed by atoms with Crippen LogP contribution in [0.3, 0.4) is 0 Å². The highest BCUT2D eigenvalue weighted by Gasteiger charge is 2.26. The van der Waals surface area contributed by atoms with E-state index in [4.69, 9.17) is 0 Å². The van der Waals surface area contributed by atoms with Gasteiger partial charge in [0.25, 0.3) is 10.0 Å². The Morgan fingerprint density at radius 3 is 2.70 bits per heavy atom. The quantitative estimate of drug-likeness (QED) is 0.898. The van der Waals surface area contributed by atoms with E-state index in [0.29, 0.717) is 5.56 Å². The number of hydrogen-bond acceptors (Lipinski definition) is 4. The average molecular weight is 363 g/mol. The number of hydrogen-bond donors (Lipinski definition) is 1. The molecule has 0 amide bonds. The maximum Gasteiger partial charge on any atom is 0.261 e. The van der Waals surface area contributed by atoms with Gasteiger partial charge in [0.05, 0.1) is 0 Å². The Bertz CT molecular complexity index is 712. The fourth-order valence-electron chi connectivity index (χ4n) is 1.74. The molecule has 0 fully saturated rings. The maximum absolute atomic E-state index is 13.2. The van der Waals surface area contributed by atoms with Gasteiger partial charge >= 0.3 is 0 Å². The molecule has 1 aromatic carbocycles. The van der Waals surface area contributed by atoms with E-state index in [9.17, 15) is 12.8 Å². The van der Waals surface area contributed by atoms with Crippen LogP contribution in [0.15, 0.2) is 33.9 Å². The van der Waals surface area contributed by atoms with Gasteiger partial charge in [-0.3, -0.25) is 0 Å². The van der Waals surface area contributed by atoms with Crippen molar-refractivity contribution in [2.24, 2.45) is 7.05 Å². The van der Waals surface area contributed by atoms with Crippen molar-refractivity contribution in [3.8, 4) is 0 Å². The Morgan fingerprint density at radius 1 is 1.45 bits per heavy atom. The largest absolute Gasteiger partial charge is 0.261 e.